The first-order valence-electron chi connectivity index (χ1n) is 17.5. The lowest BCUT2D eigenvalue weighted by molar-refractivity contribution is -0.122. The van der Waals surface area contributed by atoms with E-state index in [0.717, 1.165) is 91.9 Å². The van der Waals surface area contributed by atoms with Crippen molar-refractivity contribution in [3.05, 3.63) is 80.6 Å². The average molecular weight is 704 g/mol. The molecule has 7 rings (SSSR count). The van der Waals surface area contributed by atoms with Gasteiger partial charge >= 0.3 is 0 Å². The van der Waals surface area contributed by atoms with E-state index in [1.54, 1.807) is 0 Å². The van der Waals surface area contributed by atoms with E-state index in [9.17, 15) is 14.0 Å². The quantitative estimate of drug-likeness (QED) is 0.188. The lowest BCUT2D eigenvalue weighted by atomic mass is 9.71. The van der Waals surface area contributed by atoms with Crippen molar-refractivity contribution >= 4 is 34.1 Å². The maximum Gasteiger partial charge on any atom is 0.290 e. The van der Waals surface area contributed by atoms with Crippen LogP contribution >= 0.6 is 11.3 Å². The van der Waals surface area contributed by atoms with Gasteiger partial charge in [-0.3, -0.25) is 14.4 Å². The van der Waals surface area contributed by atoms with Crippen molar-refractivity contribution in [1.82, 2.24) is 25.2 Å². The summed E-state index contributed by atoms with van der Waals surface area (Å²) in [5.74, 6) is 0.156. The molecule has 0 radical (unpaired) electrons. The number of pyridine rings is 2. The van der Waals surface area contributed by atoms with E-state index in [2.05, 4.69) is 42.0 Å². The van der Waals surface area contributed by atoms with Crippen LogP contribution < -0.4 is 10.9 Å². The van der Waals surface area contributed by atoms with Crippen LogP contribution in [-0.2, 0) is 22.4 Å². The number of amides is 1. The molecule has 3 N–H and O–H groups in total. The van der Waals surface area contributed by atoms with Gasteiger partial charge in [0.2, 0.25) is 0 Å². The normalized spacial score (nSPS) is 21.3. The molecular weight excluding hydrogens is 658 g/mol. The average Bonchev–Trinajstić information content (AvgIpc) is 3.53. The van der Waals surface area contributed by atoms with Gasteiger partial charge < -0.3 is 25.0 Å². The van der Waals surface area contributed by atoms with E-state index >= 15 is 0 Å². The predicted molar refractivity (Wildman–Crippen MR) is 192 cm³/mol. The molecule has 2 aliphatic heterocycles. The largest absolute Gasteiger partial charge is 0.483 e. The number of hydrogen-bond acceptors (Lipinski definition) is 8. The Bertz CT molecular complexity index is 1870. The molecule has 50 heavy (non-hydrogen) atoms. The fourth-order valence-corrected chi connectivity index (χ4v) is 8.44. The Balaban J connectivity index is 0.00000139. The van der Waals surface area contributed by atoms with Crippen molar-refractivity contribution in [2.75, 3.05) is 26.2 Å². The van der Waals surface area contributed by atoms with E-state index in [-0.39, 0.29) is 23.8 Å². The standard InChI is InChI=1S/C37H44FN5O3S.CH2O2/c1-37(2,3)27-10-11-29-25(17-27)19-31-35(41-29)47-36(42-31)34(45)40-30(12-14-43-15-13-32-24(21-43)5-4-16-46-32)23-8-6-22(7-9-23)26-18-28(38)33(44)39-20-26;2-1-3/h6-9,18-20,24,27,30,32H,4-5,10-17,21H2,1-3H3,(H,39,44)(H,40,45);1H,(H,2,3)/t24?,27-,30+,32?;/m0./s1. The van der Waals surface area contributed by atoms with Crippen LogP contribution in [0, 0.1) is 23.1 Å². The molecule has 2 unspecified atom stereocenters. The van der Waals surface area contributed by atoms with Crippen molar-refractivity contribution in [2.24, 2.45) is 17.3 Å². The highest BCUT2D eigenvalue weighted by molar-refractivity contribution is 7.19. The summed E-state index contributed by atoms with van der Waals surface area (Å²) in [6.45, 7) is 10.4. The second-order valence-corrected chi connectivity index (χ2v) is 15.7. The minimum absolute atomic E-state index is 0.199. The second kappa shape index (κ2) is 15.5. The summed E-state index contributed by atoms with van der Waals surface area (Å²) in [4.78, 5) is 49.2. The van der Waals surface area contributed by atoms with Crippen molar-refractivity contribution in [3.63, 3.8) is 0 Å². The number of ether oxygens (including phenoxy) is 1. The lowest BCUT2D eigenvalue weighted by Gasteiger charge is -2.41. The molecule has 0 saturated carbocycles. The summed E-state index contributed by atoms with van der Waals surface area (Å²) < 4.78 is 20.0. The molecule has 3 aliphatic rings. The van der Waals surface area contributed by atoms with Crippen LogP contribution in [0.5, 0.6) is 0 Å². The number of benzene rings is 1. The topological polar surface area (TPSA) is 138 Å². The van der Waals surface area contributed by atoms with Crippen LogP contribution in [0.4, 0.5) is 4.39 Å². The summed E-state index contributed by atoms with van der Waals surface area (Å²) in [5.41, 5.74) is 5.02. The smallest absolute Gasteiger partial charge is 0.290 e. The van der Waals surface area contributed by atoms with E-state index < -0.39 is 11.4 Å². The second-order valence-electron chi connectivity index (χ2n) is 14.8. The molecule has 10 nitrogen and oxygen atoms in total. The van der Waals surface area contributed by atoms with Gasteiger partial charge in [-0.05, 0) is 91.0 Å². The maximum absolute atomic E-state index is 14.0. The fourth-order valence-electron chi connectivity index (χ4n) is 7.60. The van der Waals surface area contributed by atoms with Gasteiger partial charge in [0.25, 0.3) is 17.9 Å². The van der Waals surface area contributed by atoms with Crippen molar-refractivity contribution in [2.45, 2.75) is 77.9 Å². The van der Waals surface area contributed by atoms with Crippen molar-refractivity contribution in [3.8, 4) is 11.1 Å². The van der Waals surface area contributed by atoms with Gasteiger partial charge in [-0.15, -0.1) is 0 Å². The number of H-pyrrole nitrogens is 1. The van der Waals surface area contributed by atoms with E-state index in [1.807, 2.05) is 24.3 Å². The van der Waals surface area contributed by atoms with Gasteiger partial charge in [-0.25, -0.2) is 14.4 Å². The van der Waals surface area contributed by atoms with Crippen molar-refractivity contribution in [1.29, 1.82) is 0 Å². The summed E-state index contributed by atoms with van der Waals surface area (Å²) in [6.07, 6.45) is 9.09. The number of halogens is 1. The van der Waals surface area contributed by atoms with E-state index in [1.165, 1.54) is 35.6 Å². The summed E-state index contributed by atoms with van der Waals surface area (Å²) >= 11 is 1.36. The van der Waals surface area contributed by atoms with Gasteiger partial charge in [0.1, 0.15) is 10.3 Å². The molecule has 1 aromatic carbocycles. The molecule has 1 amide bonds. The Labute approximate surface area is 295 Å². The zero-order valence-electron chi connectivity index (χ0n) is 28.9. The number of piperidine rings is 1. The molecule has 3 aromatic heterocycles. The molecule has 0 spiro atoms. The van der Waals surface area contributed by atoms with E-state index in [4.69, 9.17) is 24.6 Å². The minimum Gasteiger partial charge on any atom is -0.483 e. The Morgan fingerprint density at radius 1 is 1.18 bits per heavy atom. The zero-order chi connectivity index (χ0) is 35.4. The predicted octanol–water partition coefficient (Wildman–Crippen LogP) is 6.40. The van der Waals surface area contributed by atoms with Crippen LogP contribution in [0.25, 0.3) is 21.5 Å². The maximum atomic E-state index is 14.0. The first-order valence-corrected chi connectivity index (χ1v) is 18.3. The Kier molecular flexibility index (Phi) is 11.1. The third kappa shape index (κ3) is 8.30. The third-order valence-electron chi connectivity index (χ3n) is 10.5. The third-order valence-corrected chi connectivity index (χ3v) is 11.5. The fraction of sp³-hybridized carbons (Fsp3) is 0.500. The van der Waals surface area contributed by atoms with E-state index in [0.29, 0.717) is 28.5 Å². The molecule has 0 bridgehead atoms. The molecular formula is C38H46FN5O5S. The molecule has 2 fully saturated rings. The number of nitrogens with one attached hydrogen (secondary N) is 2. The summed E-state index contributed by atoms with van der Waals surface area (Å²) in [7, 11) is 0. The molecule has 12 heteroatoms. The summed E-state index contributed by atoms with van der Waals surface area (Å²) in [6, 6.07) is 10.9. The van der Waals surface area contributed by atoms with Gasteiger partial charge in [-0.2, -0.15) is 0 Å². The minimum atomic E-state index is -0.816. The molecule has 266 valence electrons. The van der Waals surface area contributed by atoms with Gasteiger partial charge in [0.15, 0.2) is 10.8 Å². The van der Waals surface area contributed by atoms with Crippen LogP contribution in [0.2, 0.25) is 0 Å². The first-order chi connectivity index (χ1) is 24.0. The number of carbonyl (C=O) groups excluding carboxylic acids is 1. The number of nitrogens with zero attached hydrogens (tertiary/aromatic N) is 3. The van der Waals surface area contributed by atoms with Crippen molar-refractivity contribution < 1.29 is 23.8 Å². The number of thiazole rings is 1. The monoisotopic (exact) mass is 703 g/mol. The molecule has 4 atom stereocenters. The molecule has 5 heterocycles. The van der Waals surface area contributed by atoms with Crippen LogP contribution in [0.1, 0.15) is 85.5 Å². The Hall–Kier alpha value is -4.00. The molecule has 2 saturated heterocycles. The van der Waals surface area contributed by atoms with Crippen LogP contribution in [-0.4, -0.2) is 69.7 Å². The number of carbonyl (C=O) groups is 2. The Morgan fingerprint density at radius 3 is 2.70 bits per heavy atom. The molecule has 1 aliphatic carbocycles. The number of fused-ring (bicyclic) bond motifs is 3. The Morgan fingerprint density at radius 2 is 1.96 bits per heavy atom. The van der Waals surface area contributed by atoms with Crippen LogP contribution in [0.15, 0.2) is 47.4 Å². The number of hydrogen-bond donors (Lipinski definition) is 3. The van der Waals surface area contributed by atoms with Gasteiger partial charge in [-0.1, -0.05) is 56.4 Å². The lowest BCUT2D eigenvalue weighted by Crippen LogP contribution is -2.47. The number of carboxylic acid groups (broad SMARTS) is 1. The highest BCUT2D eigenvalue weighted by atomic mass is 32.1. The van der Waals surface area contributed by atoms with Crippen LogP contribution in [0.3, 0.4) is 0 Å². The SMILES string of the molecule is CC(C)(C)[C@H]1CCc2nc3sc(C(=O)N[C@H](CCN4CCC5OCCCC5C4)c4ccc(-c5c[nH]c(=O)c(F)c5)cc4)nc3cc2C1.O=CO. The van der Waals surface area contributed by atoms with Gasteiger partial charge in [0.05, 0.1) is 12.1 Å². The highest BCUT2D eigenvalue weighted by Gasteiger charge is 2.33. The number of rotatable bonds is 7. The number of aromatic amines is 1. The summed E-state index contributed by atoms with van der Waals surface area (Å²) in [5, 5.41) is 10.6. The number of aryl methyl sites for hydroxylation is 1. The number of aromatic nitrogens is 3. The number of likely N-dealkylation sites (tertiary alicyclic amines) is 1. The molecule has 4 aromatic rings. The zero-order valence-corrected chi connectivity index (χ0v) is 29.7. The van der Waals surface area contributed by atoms with Gasteiger partial charge in [0, 0.05) is 43.7 Å². The first kappa shape index (κ1) is 35.8. The highest BCUT2D eigenvalue weighted by Crippen LogP contribution is 2.38.